The van der Waals surface area contributed by atoms with Crippen molar-refractivity contribution in [2.24, 2.45) is 0 Å². The number of amides is 1. The van der Waals surface area contributed by atoms with Gasteiger partial charge in [-0.15, -0.1) is 0 Å². The second kappa shape index (κ2) is 6.56. The first-order valence-corrected chi connectivity index (χ1v) is 6.38. The standard InChI is InChI=1S/C16H15NO4/c1-11(18)12-5-4-6-13(9-12)17-16(20)10-21-15-8-3-2-7-14(15)19/h2-9,19H,10H2,1H3,(H,17,20). The summed E-state index contributed by atoms with van der Waals surface area (Å²) in [5, 5.41) is 12.1. The fraction of sp³-hybridized carbons (Fsp3) is 0.125. The summed E-state index contributed by atoms with van der Waals surface area (Å²) in [7, 11) is 0. The molecule has 5 nitrogen and oxygen atoms in total. The van der Waals surface area contributed by atoms with Gasteiger partial charge in [-0.1, -0.05) is 24.3 Å². The van der Waals surface area contributed by atoms with E-state index in [0.717, 1.165) is 0 Å². The molecule has 0 radical (unpaired) electrons. The first-order chi connectivity index (χ1) is 10.1. The Bertz CT molecular complexity index is 667. The minimum atomic E-state index is -0.376. The van der Waals surface area contributed by atoms with Gasteiger partial charge in [0.05, 0.1) is 0 Å². The lowest BCUT2D eigenvalue weighted by Gasteiger charge is -2.09. The number of hydrogen-bond donors (Lipinski definition) is 2. The zero-order chi connectivity index (χ0) is 15.2. The molecule has 0 saturated carbocycles. The highest BCUT2D eigenvalue weighted by molar-refractivity contribution is 5.97. The zero-order valence-corrected chi connectivity index (χ0v) is 11.5. The third kappa shape index (κ3) is 4.07. The number of ketones is 1. The van der Waals surface area contributed by atoms with Crippen molar-refractivity contribution in [2.45, 2.75) is 6.92 Å². The summed E-state index contributed by atoms with van der Waals surface area (Å²) in [6.45, 7) is 1.23. The van der Waals surface area contributed by atoms with Gasteiger partial charge in [-0.05, 0) is 31.2 Å². The van der Waals surface area contributed by atoms with Crippen LogP contribution in [0.1, 0.15) is 17.3 Å². The van der Waals surface area contributed by atoms with E-state index in [1.54, 1.807) is 42.5 Å². The van der Waals surface area contributed by atoms with E-state index in [-0.39, 0.29) is 29.8 Å². The third-order valence-corrected chi connectivity index (χ3v) is 2.78. The van der Waals surface area contributed by atoms with Crippen molar-refractivity contribution in [3.05, 3.63) is 54.1 Å². The van der Waals surface area contributed by atoms with Crippen molar-refractivity contribution < 1.29 is 19.4 Å². The van der Waals surface area contributed by atoms with Gasteiger partial charge in [0, 0.05) is 11.3 Å². The summed E-state index contributed by atoms with van der Waals surface area (Å²) < 4.78 is 5.22. The lowest BCUT2D eigenvalue weighted by atomic mass is 10.1. The molecule has 2 rings (SSSR count). The third-order valence-electron chi connectivity index (χ3n) is 2.78. The van der Waals surface area contributed by atoms with Crippen molar-refractivity contribution in [3.63, 3.8) is 0 Å². The van der Waals surface area contributed by atoms with Crippen LogP contribution in [0.5, 0.6) is 11.5 Å². The first-order valence-electron chi connectivity index (χ1n) is 6.38. The molecule has 0 heterocycles. The Morgan fingerprint density at radius 3 is 2.62 bits per heavy atom. The van der Waals surface area contributed by atoms with Crippen molar-refractivity contribution in [3.8, 4) is 11.5 Å². The van der Waals surface area contributed by atoms with Gasteiger partial charge >= 0.3 is 0 Å². The zero-order valence-electron chi connectivity index (χ0n) is 11.5. The number of aromatic hydroxyl groups is 1. The number of ether oxygens (including phenoxy) is 1. The molecule has 0 aliphatic carbocycles. The lowest BCUT2D eigenvalue weighted by Crippen LogP contribution is -2.20. The number of rotatable bonds is 5. The number of benzene rings is 2. The van der Waals surface area contributed by atoms with Gasteiger partial charge in [0.2, 0.25) is 0 Å². The Kier molecular flexibility index (Phi) is 4.56. The topological polar surface area (TPSA) is 75.6 Å². The summed E-state index contributed by atoms with van der Waals surface area (Å²) in [5.74, 6) is -0.232. The largest absolute Gasteiger partial charge is 0.504 e. The van der Waals surface area contributed by atoms with Crippen LogP contribution in [-0.4, -0.2) is 23.4 Å². The minimum absolute atomic E-state index is 0.0242. The molecule has 0 bridgehead atoms. The molecule has 0 fully saturated rings. The van der Waals surface area contributed by atoms with Crippen LogP contribution in [0.2, 0.25) is 0 Å². The van der Waals surface area contributed by atoms with Crippen LogP contribution in [0.25, 0.3) is 0 Å². The summed E-state index contributed by atoms with van der Waals surface area (Å²) in [6.07, 6.45) is 0. The van der Waals surface area contributed by atoms with Gasteiger partial charge < -0.3 is 15.2 Å². The number of Topliss-reactive ketones (excluding diaryl/α,β-unsaturated/α-hetero) is 1. The van der Waals surface area contributed by atoms with E-state index in [2.05, 4.69) is 5.32 Å². The monoisotopic (exact) mass is 285 g/mol. The maximum atomic E-state index is 11.8. The van der Waals surface area contributed by atoms with E-state index >= 15 is 0 Å². The highest BCUT2D eigenvalue weighted by atomic mass is 16.5. The molecule has 108 valence electrons. The Labute approximate surface area is 122 Å². The van der Waals surface area contributed by atoms with Crippen molar-refractivity contribution in [1.29, 1.82) is 0 Å². The van der Waals surface area contributed by atoms with Gasteiger partial charge in [0.15, 0.2) is 23.9 Å². The second-order valence-corrected chi connectivity index (χ2v) is 4.44. The number of anilines is 1. The fourth-order valence-electron chi connectivity index (χ4n) is 1.74. The number of nitrogens with one attached hydrogen (secondary N) is 1. The second-order valence-electron chi connectivity index (χ2n) is 4.44. The molecule has 2 aromatic rings. The Balaban J connectivity index is 1.95. The number of para-hydroxylation sites is 2. The molecule has 21 heavy (non-hydrogen) atoms. The molecular weight excluding hydrogens is 270 g/mol. The van der Waals surface area contributed by atoms with E-state index in [4.69, 9.17) is 4.74 Å². The molecule has 0 unspecified atom stereocenters. The van der Waals surface area contributed by atoms with Gasteiger partial charge in [-0.2, -0.15) is 0 Å². The molecule has 0 aromatic heterocycles. The number of hydrogen-bond acceptors (Lipinski definition) is 4. The van der Waals surface area contributed by atoms with Crippen LogP contribution in [0, 0.1) is 0 Å². The van der Waals surface area contributed by atoms with E-state index in [1.807, 2.05) is 0 Å². The molecule has 5 heteroatoms. The van der Waals surface area contributed by atoms with Crippen LogP contribution in [0.3, 0.4) is 0 Å². The summed E-state index contributed by atoms with van der Waals surface area (Å²) in [4.78, 5) is 23.0. The molecule has 0 aliphatic rings. The number of phenolic OH excluding ortho intramolecular Hbond substituents is 1. The smallest absolute Gasteiger partial charge is 0.262 e. The molecule has 2 aromatic carbocycles. The number of phenols is 1. The van der Waals surface area contributed by atoms with E-state index in [9.17, 15) is 14.7 Å². The van der Waals surface area contributed by atoms with Gasteiger partial charge in [-0.3, -0.25) is 9.59 Å². The fourth-order valence-corrected chi connectivity index (χ4v) is 1.74. The van der Waals surface area contributed by atoms with E-state index in [1.165, 1.54) is 13.0 Å². The Morgan fingerprint density at radius 1 is 1.14 bits per heavy atom. The average molecular weight is 285 g/mol. The predicted octanol–water partition coefficient (Wildman–Crippen LogP) is 2.61. The van der Waals surface area contributed by atoms with Crippen molar-refractivity contribution >= 4 is 17.4 Å². The molecule has 0 saturated heterocycles. The van der Waals surface area contributed by atoms with E-state index < -0.39 is 0 Å². The van der Waals surface area contributed by atoms with Crippen LogP contribution in [0.4, 0.5) is 5.69 Å². The first kappa shape index (κ1) is 14.6. The molecule has 0 aliphatic heterocycles. The highest BCUT2D eigenvalue weighted by Crippen LogP contribution is 2.24. The Hall–Kier alpha value is -2.82. The van der Waals surface area contributed by atoms with E-state index in [0.29, 0.717) is 11.3 Å². The minimum Gasteiger partial charge on any atom is -0.504 e. The SMILES string of the molecule is CC(=O)c1cccc(NC(=O)COc2ccccc2O)c1. The Morgan fingerprint density at radius 2 is 1.90 bits per heavy atom. The number of carbonyl (C=O) groups is 2. The van der Waals surface area contributed by atoms with Crippen LogP contribution >= 0.6 is 0 Å². The van der Waals surface area contributed by atoms with Crippen LogP contribution in [-0.2, 0) is 4.79 Å². The molecule has 0 spiro atoms. The predicted molar refractivity (Wildman–Crippen MR) is 78.7 cm³/mol. The summed E-state index contributed by atoms with van der Waals surface area (Å²) in [6, 6.07) is 13.1. The summed E-state index contributed by atoms with van der Waals surface area (Å²) >= 11 is 0. The van der Waals surface area contributed by atoms with Gasteiger partial charge in [0.1, 0.15) is 0 Å². The normalized spacial score (nSPS) is 9.95. The average Bonchev–Trinajstić information content (AvgIpc) is 2.46. The molecular formula is C16H15NO4. The van der Waals surface area contributed by atoms with Crippen LogP contribution < -0.4 is 10.1 Å². The van der Waals surface area contributed by atoms with Crippen molar-refractivity contribution in [2.75, 3.05) is 11.9 Å². The van der Waals surface area contributed by atoms with Crippen LogP contribution in [0.15, 0.2) is 48.5 Å². The quantitative estimate of drug-likeness (QED) is 0.828. The maximum absolute atomic E-state index is 11.8. The maximum Gasteiger partial charge on any atom is 0.262 e. The molecule has 2 N–H and O–H groups in total. The van der Waals surface area contributed by atoms with Gasteiger partial charge in [0.25, 0.3) is 5.91 Å². The van der Waals surface area contributed by atoms with Gasteiger partial charge in [-0.25, -0.2) is 0 Å². The lowest BCUT2D eigenvalue weighted by molar-refractivity contribution is -0.118. The highest BCUT2D eigenvalue weighted by Gasteiger charge is 2.07. The molecule has 0 atom stereocenters. The molecule has 1 amide bonds. The van der Waals surface area contributed by atoms with Crippen molar-refractivity contribution in [1.82, 2.24) is 0 Å². The number of carbonyl (C=O) groups excluding carboxylic acids is 2. The summed E-state index contributed by atoms with van der Waals surface area (Å²) in [5.41, 5.74) is 1.04.